The van der Waals surface area contributed by atoms with Crippen LogP contribution in [-0.2, 0) is 4.74 Å². The zero-order chi connectivity index (χ0) is 27.4. The standard InChI is InChI=1S/C26H26N10O3/c1-16-20(26(38)39-2)25(35-12-6-7-13-35)32-23(31-17-8-4-3-5-9-17)21(16)33-34-24-18(22(27)37)14-30-36(24)19-10-11-28-15-29-19/h3-5,8-11,14-15H,6-7,12-13H2,1-2H3,(H2,27,37)(H,31,32)/b34-33+. The number of amides is 1. The monoisotopic (exact) mass is 526 g/mol. The van der Waals surface area contributed by atoms with Crippen molar-refractivity contribution >= 4 is 40.7 Å². The van der Waals surface area contributed by atoms with Crippen molar-refractivity contribution in [2.24, 2.45) is 16.0 Å². The van der Waals surface area contributed by atoms with Crippen molar-refractivity contribution in [2.45, 2.75) is 19.8 Å². The van der Waals surface area contributed by atoms with Gasteiger partial charge in [-0.15, -0.1) is 10.2 Å². The van der Waals surface area contributed by atoms with Gasteiger partial charge in [-0.05, 0) is 37.5 Å². The van der Waals surface area contributed by atoms with Crippen LogP contribution in [0.15, 0.2) is 65.3 Å². The van der Waals surface area contributed by atoms with Crippen LogP contribution in [0, 0.1) is 6.92 Å². The number of anilines is 3. The van der Waals surface area contributed by atoms with E-state index >= 15 is 0 Å². The summed E-state index contributed by atoms with van der Waals surface area (Å²) in [6.07, 6.45) is 6.16. The number of hydrogen-bond donors (Lipinski definition) is 2. The van der Waals surface area contributed by atoms with Crippen molar-refractivity contribution in [3.63, 3.8) is 0 Å². The average Bonchev–Trinajstić information content (AvgIpc) is 3.64. The van der Waals surface area contributed by atoms with Crippen molar-refractivity contribution in [3.8, 4) is 5.82 Å². The van der Waals surface area contributed by atoms with E-state index in [9.17, 15) is 9.59 Å². The van der Waals surface area contributed by atoms with Crippen molar-refractivity contribution in [2.75, 3.05) is 30.4 Å². The van der Waals surface area contributed by atoms with E-state index in [2.05, 4.69) is 35.5 Å². The topological polar surface area (TPSA) is 166 Å². The van der Waals surface area contributed by atoms with Gasteiger partial charge in [-0.25, -0.2) is 19.7 Å². The Morgan fingerprint density at radius 1 is 1.10 bits per heavy atom. The van der Waals surface area contributed by atoms with Gasteiger partial charge in [0.15, 0.2) is 17.5 Å². The first-order valence-corrected chi connectivity index (χ1v) is 12.2. The lowest BCUT2D eigenvalue weighted by atomic mass is 10.1. The number of primary amides is 1. The lowest BCUT2D eigenvalue weighted by Gasteiger charge is -2.23. The van der Waals surface area contributed by atoms with Crippen LogP contribution in [0.3, 0.4) is 0 Å². The fraction of sp³-hybridized carbons (Fsp3) is 0.231. The predicted octanol–water partition coefficient (Wildman–Crippen LogP) is 4.01. The molecule has 1 aliphatic heterocycles. The molecule has 1 aliphatic rings. The molecule has 0 aliphatic carbocycles. The summed E-state index contributed by atoms with van der Waals surface area (Å²) in [6, 6.07) is 11.1. The number of ether oxygens (including phenoxy) is 1. The van der Waals surface area contributed by atoms with E-state index in [-0.39, 0.29) is 17.1 Å². The van der Waals surface area contributed by atoms with Gasteiger partial charge in [-0.3, -0.25) is 4.79 Å². The number of esters is 1. The van der Waals surface area contributed by atoms with Gasteiger partial charge in [0.1, 0.15) is 29.0 Å². The maximum absolute atomic E-state index is 13.0. The first-order chi connectivity index (χ1) is 19.0. The highest BCUT2D eigenvalue weighted by molar-refractivity contribution is 6.00. The van der Waals surface area contributed by atoms with Crippen LogP contribution < -0.4 is 16.0 Å². The Morgan fingerprint density at radius 2 is 1.87 bits per heavy atom. The Morgan fingerprint density at radius 3 is 2.54 bits per heavy atom. The zero-order valence-corrected chi connectivity index (χ0v) is 21.4. The number of nitrogens with two attached hydrogens (primary N) is 1. The summed E-state index contributed by atoms with van der Waals surface area (Å²) < 4.78 is 6.45. The molecule has 1 saturated heterocycles. The molecule has 3 aromatic heterocycles. The molecule has 3 N–H and O–H groups in total. The molecule has 0 unspecified atom stereocenters. The Labute approximate surface area is 223 Å². The number of methoxy groups -OCH3 is 1. The molecule has 13 nitrogen and oxygen atoms in total. The molecule has 1 amide bonds. The molecule has 0 atom stereocenters. The van der Waals surface area contributed by atoms with Crippen molar-refractivity contribution in [1.82, 2.24) is 24.7 Å². The van der Waals surface area contributed by atoms with Crippen molar-refractivity contribution < 1.29 is 14.3 Å². The number of carbonyl (C=O) groups excluding carboxylic acids is 2. The highest BCUT2D eigenvalue weighted by atomic mass is 16.5. The Kier molecular flexibility index (Phi) is 7.21. The van der Waals surface area contributed by atoms with E-state index in [1.807, 2.05) is 30.3 Å². The third-order valence-electron chi connectivity index (χ3n) is 6.26. The predicted molar refractivity (Wildman–Crippen MR) is 143 cm³/mol. The second-order valence-electron chi connectivity index (χ2n) is 8.73. The van der Waals surface area contributed by atoms with Crippen LogP contribution in [0.1, 0.15) is 39.1 Å². The Balaban J connectivity index is 1.69. The number of pyridine rings is 1. The molecule has 5 rings (SSSR count). The second-order valence-corrected chi connectivity index (χ2v) is 8.73. The fourth-order valence-corrected chi connectivity index (χ4v) is 4.34. The zero-order valence-electron chi connectivity index (χ0n) is 21.4. The summed E-state index contributed by atoms with van der Waals surface area (Å²) in [7, 11) is 1.33. The van der Waals surface area contributed by atoms with Crippen LogP contribution in [-0.4, -0.2) is 56.8 Å². The third kappa shape index (κ3) is 5.14. The number of hydrogen-bond acceptors (Lipinski definition) is 11. The van der Waals surface area contributed by atoms with Crippen LogP contribution in [0.4, 0.5) is 28.8 Å². The summed E-state index contributed by atoms with van der Waals surface area (Å²) in [6.45, 7) is 3.29. The molecule has 39 heavy (non-hydrogen) atoms. The number of nitrogens with zero attached hydrogens (tertiary/aromatic N) is 8. The molecule has 1 fully saturated rings. The lowest BCUT2D eigenvalue weighted by molar-refractivity contribution is 0.0600. The summed E-state index contributed by atoms with van der Waals surface area (Å²) >= 11 is 0. The molecule has 0 saturated carbocycles. The maximum atomic E-state index is 13.0. The molecule has 0 bridgehead atoms. The molecule has 4 aromatic rings. The molecule has 0 radical (unpaired) electrons. The number of rotatable bonds is 8. The minimum absolute atomic E-state index is 0.0439. The molecule has 198 valence electrons. The summed E-state index contributed by atoms with van der Waals surface area (Å²) in [5, 5.41) is 16.4. The minimum Gasteiger partial charge on any atom is -0.465 e. The number of benzene rings is 1. The largest absolute Gasteiger partial charge is 0.465 e. The smallest absolute Gasteiger partial charge is 0.341 e. The van der Waals surface area contributed by atoms with E-state index in [1.54, 1.807) is 13.0 Å². The summed E-state index contributed by atoms with van der Waals surface area (Å²) in [5.74, 6) is 0.0525. The number of nitrogens with one attached hydrogen (secondary N) is 1. The maximum Gasteiger partial charge on any atom is 0.341 e. The number of aromatic nitrogens is 5. The molecule has 13 heteroatoms. The minimum atomic E-state index is -0.735. The Hall–Kier alpha value is -5.20. The van der Waals surface area contributed by atoms with Crippen LogP contribution >= 0.6 is 0 Å². The van der Waals surface area contributed by atoms with Crippen LogP contribution in [0.2, 0.25) is 0 Å². The van der Waals surface area contributed by atoms with Crippen molar-refractivity contribution in [1.29, 1.82) is 0 Å². The van der Waals surface area contributed by atoms with Gasteiger partial charge in [-0.2, -0.15) is 9.78 Å². The highest BCUT2D eigenvalue weighted by Gasteiger charge is 2.28. The van der Waals surface area contributed by atoms with E-state index < -0.39 is 11.9 Å². The first-order valence-electron chi connectivity index (χ1n) is 12.2. The fourth-order valence-electron chi connectivity index (χ4n) is 4.34. The van der Waals surface area contributed by atoms with Gasteiger partial charge in [0.2, 0.25) is 0 Å². The van der Waals surface area contributed by atoms with Gasteiger partial charge in [-0.1, -0.05) is 18.2 Å². The molecule has 0 spiro atoms. The summed E-state index contributed by atoms with van der Waals surface area (Å²) in [5.41, 5.74) is 7.49. The van der Waals surface area contributed by atoms with Gasteiger partial charge in [0.25, 0.3) is 5.91 Å². The van der Waals surface area contributed by atoms with E-state index in [4.69, 9.17) is 15.5 Å². The van der Waals surface area contributed by atoms with Crippen LogP contribution in [0.25, 0.3) is 5.82 Å². The SMILES string of the molecule is COC(=O)c1c(N2CCCC2)nc(Nc2ccccc2)c(/N=N/c2c(C(N)=O)cnn2-c2ccncn2)c1C. The van der Waals surface area contributed by atoms with E-state index in [0.717, 1.165) is 31.6 Å². The van der Waals surface area contributed by atoms with Crippen molar-refractivity contribution in [3.05, 3.63) is 71.8 Å². The van der Waals surface area contributed by atoms with Gasteiger partial charge in [0.05, 0.1) is 13.3 Å². The highest BCUT2D eigenvalue weighted by Crippen LogP contribution is 2.39. The molecule has 4 heterocycles. The molecular formula is C26H26N10O3. The normalized spacial score (nSPS) is 13.1. The number of azo groups is 1. The first kappa shape index (κ1) is 25.4. The second kappa shape index (κ2) is 11.0. The van der Waals surface area contributed by atoms with Gasteiger partial charge >= 0.3 is 5.97 Å². The van der Waals surface area contributed by atoms with E-state index in [0.29, 0.717) is 28.6 Å². The number of para-hydroxylation sites is 1. The Bertz CT molecular complexity index is 1530. The summed E-state index contributed by atoms with van der Waals surface area (Å²) in [4.78, 5) is 40.1. The van der Waals surface area contributed by atoms with E-state index in [1.165, 1.54) is 30.5 Å². The quantitative estimate of drug-likeness (QED) is 0.255. The van der Waals surface area contributed by atoms with Gasteiger partial charge in [0, 0.05) is 31.0 Å². The van der Waals surface area contributed by atoms with Gasteiger partial charge < -0.3 is 20.7 Å². The lowest BCUT2D eigenvalue weighted by Crippen LogP contribution is -2.24. The average molecular weight is 527 g/mol. The number of carbonyl (C=O) groups is 2. The third-order valence-corrected chi connectivity index (χ3v) is 6.26. The van der Waals surface area contributed by atoms with Crippen LogP contribution in [0.5, 0.6) is 0 Å². The molecular weight excluding hydrogens is 500 g/mol. The molecule has 1 aromatic carbocycles.